The maximum atomic E-state index is 11.7. The fraction of sp³-hybridized carbons (Fsp3) is 0.929. The van der Waals surface area contributed by atoms with Crippen molar-refractivity contribution in [2.75, 3.05) is 6.61 Å². The summed E-state index contributed by atoms with van der Waals surface area (Å²) in [6, 6.07) is 0.338. The number of nitrogens with one attached hydrogen (secondary N) is 1. The molecule has 0 aromatic heterocycles. The third-order valence-electron chi connectivity index (χ3n) is 3.18. The number of rotatable bonds is 3. The molecule has 1 aliphatic carbocycles. The van der Waals surface area contributed by atoms with E-state index in [-0.39, 0.29) is 18.1 Å². The van der Waals surface area contributed by atoms with Crippen LogP contribution in [-0.4, -0.2) is 24.2 Å². The Labute approximate surface area is 105 Å². The quantitative estimate of drug-likeness (QED) is 0.825. The Morgan fingerprint density at radius 3 is 2.18 bits per heavy atom. The van der Waals surface area contributed by atoms with Crippen molar-refractivity contribution in [1.29, 1.82) is 0 Å². The summed E-state index contributed by atoms with van der Waals surface area (Å²) in [7, 11) is 0. The standard InChI is InChI=1S/C14H27NO2/c1-10-6-11(2)8-12(7-10)15-13(16)9-17-14(3,4)5/h10-12H,6-9H2,1-5H3,(H,15,16). The Morgan fingerprint density at radius 1 is 1.18 bits per heavy atom. The molecule has 2 atom stereocenters. The van der Waals surface area contributed by atoms with Crippen LogP contribution in [0.3, 0.4) is 0 Å². The monoisotopic (exact) mass is 241 g/mol. The highest BCUT2D eigenvalue weighted by Crippen LogP contribution is 2.28. The van der Waals surface area contributed by atoms with Gasteiger partial charge in [0, 0.05) is 6.04 Å². The van der Waals surface area contributed by atoms with Gasteiger partial charge >= 0.3 is 0 Å². The van der Waals surface area contributed by atoms with Crippen molar-refractivity contribution in [3.05, 3.63) is 0 Å². The van der Waals surface area contributed by atoms with Gasteiger partial charge in [-0.3, -0.25) is 4.79 Å². The zero-order chi connectivity index (χ0) is 13.1. The maximum absolute atomic E-state index is 11.7. The summed E-state index contributed by atoms with van der Waals surface area (Å²) in [6.07, 6.45) is 3.49. The van der Waals surface area contributed by atoms with Crippen LogP contribution in [0.5, 0.6) is 0 Å². The van der Waals surface area contributed by atoms with E-state index in [0.29, 0.717) is 17.9 Å². The molecule has 0 bridgehead atoms. The van der Waals surface area contributed by atoms with Gasteiger partial charge in [0.2, 0.25) is 5.91 Å². The van der Waals surface area contributed by atoms with Gasteiger partial charge in [0.05, 0.1) is 5.60 Å². The third-order valence-corrected chi connectivity index (χ3v) is 3.18. The van der Waals surface area contributed by atoms with Crippen LogP contribution in [0.2, 0.25) is 0 Å². The largest absolute Gasteiger partial charge is 0.366 e. The van der Waals surface area contributed by atoms with Crippen LogP contribution in [0.4, 0.5) is 0 Å². The first-order chi connectivity index (χ1) is 7.76. The summed E-state index contributed by atoms with van der Waals surface area (Å²) in [6.45, 7) is 10.6. The molecule has 1 fully saturated rings. The molecule has 0 aliphatic heterocycles. The molecule has 1 rings (SSSR count). The molecule has 1 N–H and O–H groups in total. The first kappa shape index (κ1) is 14.5. The Balaban J connectivity index is 2.30. The smallest absolute Gasteiger partial charge is 0.246 e. The predicted octanol–water partition coefficient (Wildman–Crippen LogP) is 2.74. The average Bonchev–Trinajstić information content (AvgIpc) is 2.11. The zero-order valence-corrected chi connectivity index (χ0v) is 11.9. The van der Waals surface area contributed by atoms with E-state index in [1.807, 2.05) is 20.8 Å². The normalized spacial score (nSPS) is 30.1. The van der Waals surface area contributed by atoms with Gasteiger partial charge in [-0.2, -0.15) is 0 Å². The van der Waals surface area contributed by atoms with E-state index in [1.54, 1.807) is 0 Å². The summed E-state index contributed by atoms with van der Waals surface area (Å²) in [4.78, 5) is 11.7. The van der Waals surface area contributed by atoms with Gasteiger partial charge in [0.1, 0.15) is 6.61 Å². The lowest BCUT2D eigenvalue weighted by Crippen LogP contribution is -2.42. The minimum atomic E-state index is -0.246. The highest BCUT2D eigenvalue weighted by molar-refractivity contribution is 5.77. The van der Waals surface area contributed by atoms with E-state index in [9.17, 15) is 4.79 Å². The number of amides is 1. The van der Waals surface area contributed by atoms with Crippen molar-refractivity contribution in [1.82, 2.24) is 5.32 Å². The fourth-order valence-corrected chi connectivity index (χ4v) is 2.62. The summed E-state index contributed by atoms with van der Waals surface area (Å²) in [5, 5.41) is 3.09. The molecule has 0 spiro atoms. The van der Waals surface area contributed by atoms with Crippen LogP contribution in [0.15, 0.2) is 0 Å². The Kier molecular flexibility index (Phi) is 4.99. The van der Waals surface area contributed by atoms with E-state index in [1.165, 1.54) is 6.42 Å². The summed E-state index contributed by atoms with van der Waals surface area (Å²) < 4.78 is 5.47. The van der Waals surface area contributed by atoms with Crippen LogP contribution in [0, 0.1) is 11.8 Å². The second-order valence-corrected chi connectivity index (χ2v) is 6.58. The summed E-state index contributed by atoms with van der Waals surface area (Å²) >= 11 is 0. The second-order valence-electron chi connectivity index (χ2n) is 6.58. The number of carbonyl (C=O) groups is 1. The molecule has 2 unspecified atom stereocenters. The molecule has 0 saturated heterocycles. The molecule has 1 aliphatic rings. The van der Waals surface area contributed by atoms with Crippen LogP contribution >= 0.6 is 0 Å². The van der Waals surface area contributed by atoms with Crippen LogP contribution in [-0.2, 0) is 9.53 Å². The Morgan fingerprint density at radius 2 is 1.71 bits per heavy atom. The van der Waals surface area contributed by atoms with Crippen LogP contribution in [0.25, 0.3) is 0 Å². The van der Waals surface area contributed by atoms with Gasteiger partial charge in [0.25, 0.3) is 0 Å². The SMILES string of the molecule is CC1CC(C)CC(NC(=O)COC(C)(C)C)C1. The van der Waals surface area contributed by atoms with E-state index in [4.69, 9.17) is 4.74 Å². The fourth-order valence-electron chi connectivity index (χ4n) is 2.62. The first-order valence-corrected chi connectivity index (χ1v) is 6.69. The maximum Gasteiger partial charge on any atom is 0.246 e. The van der Waals surface area contributed by atoms with Crippen molar-refractivity contribution in [3.8, 4) is 0 Å². The molecule has 3 heteroatoms. The number of hydrogen-bond donors (Lipinski definition) is 1. The molecule has 100 valence electrons. The molecule has 0 aromatic carbocycles. The Hall–Kier alpha value is -0.570. The third kappa shape index (κ3) is 6.06. The molecule has 17 heavy (non-hydrogen) atoms. The molecule has 0 aromatic rings. The number of hydrogen-bond acceptors (Lipinski definition) is 2. The number of ether oxygens (including phenoxy) is 1. The van der Waals surface area contributed by atoms with Crippen LogP contribution in [0.1, 0.15) is 53.9 Å². The van der Waals surface area contributed by atoms with Gasteiger partial charge in [-0.15, -0.1) is 0 Å². The molecule has 0 radical (unpaired) electrons. The van der Waals surface area contributed by atoms with Gasteiger partial charge in [-0.05, 0) is 51.9 Å². The van der Waals surface area contributed by atoms with E-state index in [2.05, 4.69) is 19.2 Å². The minimum absolute atomic E-state index is 0.0197. The summed E-state index contributed by atoms with van der Waals surface area (Å²) in [5.74, 6) is 1.45. The van der Waals surface area contributed by atoms with E-state index >= 15 is 0 Å². The molecule has 0 heterocycles. The van der Waals surface area contributed by atoms with E-state index < -0.39 is 0 Å². The van der Waals surface area contributed by atoms with Gasteiger partial charge in [-0.25, -0.2) is 0 Å². The number of carbonyl (C=O) groups excluding carboxylic acids is 1. The highest BCUT2D eigenvalue weighted by Gasteiger charge is 2.25. The van der Waals surface area contributed by atoms with Gasteiger partial charge in [-0.1, -0.05) is 13.8 Å². The molecular formula is C14H27NO2. The zero-order valence-electron chi connectivity index (χ0n) is 11.9. The van der Waals surface area contributed by atoms with Crippen molar-refractivity contribution in [3.63, 3.8) is 0 Å². The second kappa shape index (κ2) is 5.85. The lowest BCUT2D eigenvalue weighted by molar-refractivity contribution is -0.131. The molecule has 1 amide bonds. The lowest BCUT2D eigenvalue weighted by Gasteiger charge is -2.32. The lowest BCUT2D eigenvalue weighted by atomic mass is 9.80. The topological polar surface area (TPSA) is 38.3 Å². The van der Waals surface area contributed by atoms with Crippen molar-refractivity contribution < 1.29 is 9.53 Å². The predicted molar refractivity (Wildman–Crippen MR) is 69.8 cm³/mol. The molecule has 3 nitrogen and oxygen atoms in total. The molecule has 1 saturated carbocycles. The summed E-state index contributed by atoms with van der Waals surface area (Å²) in [5.41, 5.74) is -0.246. The Bertz CT molecular complexity index is 247. The van der Waals surface area contributed by atoms with Crippen LogP contribution < -0.4 is 5.32 Å². The first-order valence-electron chi connectivity index (χ1n) is 6.69. The highest BCUT2D eigenvalue weighted by atomic mass is 16.5. The van der Waals surface area contributed by atoms with Crippen molar-refractivity contribution in [2.45, 2.75) is 65.5 Å². The van der Waals surface area contributed by atoms with Gasteiger partial charge in [0.15, 0.2) is 0 Å². The minimum Gasteiger partial charge on any atom is -0.366 e. The van der Waals surface area contributed by atoms with E-state index in [0.717, 1.165) is 12.8 Å². The van der Waals surface area contributed by atoms with Crippen molar-refractivity contribution in [2.24, 2.45) is 11.8 Å². The molecular weight excluding hydrogens is 214 g/mol. The average molecular weight is 241 g/mol. The van der Waals surface area contributed by atoms with Crippen molar-refractivity contribution >= 4 is 5.91 Å². The van der Waals surface area contributed by atoms with Gasteiger partial charge < -0.3 is 10.1 Å².